The van der Waals surface area contributed by atoms with Gasteiger partial charge in [-0.3, -0.25) is 4.79 Å². The summed E-state index contributed by atoms with van der Waals surface area (Å²) in [6.07, 6.45) is 3.65. The normalized spacial score (nSPS) is 16.0. The van der Waals surface area contributed by atoms with E-state index in [4.69, 9.17) is 9.15 Å². The fraction of sp³-hybridized carbons (Fsp3) is 0.357. The second-order valence-corrected chi connectivity index (χ2v) is 4.44. The first kappa shape index (κ1) is 10.5. The van der Waals surface area contributed by atoms with Crippen LogP contribution in [0.2, 0.25) is 0 Å². The van der Waals surface area contributed by atoms with Crippen molar-refractivity contribution in [2.45, 2.75) is 25.4 Å². The predicted octanol–water partition coefficient (Wildman–Crippen LogP) is 3.18. The molecule has 1 aliphatic carbocycles. The molecule has 1 fully saturated rings. The summed E-state index contributed by atoms with van der Waals surface area (Å²) in [5.41, 5.74) is 0.750. The molecule has 1 heterocycles. The van der Waals surface area contributed by atoms with Crippen molar-refractivity contribution in [1.29, 1.82) is 0 Å². The molecule has 0 spiro atoms. The third-order valence-electron chi connectivity index (χ3n) is 3.20. The zero-order valence-electron chi connectivity index (χ0n) is 9.52. The molecule has 3 heteroatoms. The van der Waals surface area contributed by atoms with E-state index in [2.05, 4.69) is 0 Å². The van der Waals surface area contributed by atoms with E-state index in [0.29, 0.717) is 5.76 Å². The Bertz CT molecular complexity index is 504. The van der Waals surface area contributed by atoms with Gasteiger partial charge in [0.15, 0.2) is 5.76 Å². The van der Waals surface area contributed by atoms with Gasteiger partial charge in [-0.2, -0.15) is 0 Å². The summed E-state index contributed by atoms with van der Waals surface area (Å²) in [6, 6.07) is 9.39. The average molecular weight is 230 g/mol. The number of furan rings is 1. The lowest BCUT2D eigenvalue weighted by molar-refractivity contribution is 0.00639. The molecule has 0 amide bonds. The molecule has 1 aromatic heterocycles. The van der Waals surface area contributed by atoms with Crippen molar-refractivity contribution in [3.63, 3.8) is 0 Å². The number of carbonyl (C=O) groups is 1. The van der Waals surface area contributed by atoms with Crippen LogP contribution in [0.5, 0.6) is 0 Å². The molecule has 0 aliphatic heterocycles. The second-order valence-electron chi connectivity index (χ2n) is 4.44. The Kier molecular flexibility index (Phi) is 2.69. The molecular formula is C14H14O3. The number of para-hydroxylation sites is 1. The van der Waals surface area contributed by atoms with Crippen molar-refractivity contribution >= 4 is 16.8 Å². The van der Waals surface area contributed by atoms with Crippen LogP contribution in [-0.4, -0.2) is 18.5 Å². The summed E-state index contributed by atoms with van der Waals surface area (Å²) in [5, 5.41) is 0.958. The maximum Gasteiger partial charge on any atom is 0.223 e. The molecule has 0 radical (unpaired) electrons. The summed E-state index contributed by atoms with van der Waals surface area (Å²) >= 11 is 0. The van der Waals surface area contributed by atoms with E-state index in [1.165, 1.54) is 6.42 Å². The van der Waals surface area contributed by atoms with Gasteiger partial charge in [0.1, 0.15) is 12.2 Å². The molecule has 17 heavy (non-hydrogen) atoms. The number of ketones is 1. The van der Waals surface area contributed by atoms with Crippen molar-refractivity contribution in [1.82, 2.24) is 0 Å². The lowest BCUT2D eigenvalue weighted by atomic mass is 9.96. The minimum atomic E-state index is -0.0758. The van der Waals surface area contributed by atoms with E-state index < -0.39 is 0 Å². The molecule has 1 saturated carbocycles. The Morgan fingerprint density at radius 3 is 2.88 bits per heavy atom. The molecule has 2 aromatic rings. The first-order valence-corrected chi connectivity index (χ1v) is 5.96. The van der Waals surface area contributed by atoms with Gasteiger partial charge in [0, 0.05) is 5.39 Å². The van der Waals surface area contributed by atoms with Crippen LogP contribution in [0.25, 0.3) is 11.0 Å². The van der Waals surface area contributed by atoms with Gasteiger partial charge in [-0.1, -0.05) is 18.2 Å². The zero-order valence-corrected chi connectivity index (χ0v) is 9.52. The van der Waals surface area contributed by atoms with E-state index in [9.17, 15) is 4.79 Å². The molecule has 3 rings (SSSR count). The first-order valence-electron chi connectivity index (χ1n) is 5.96. The van der Waals surface area contributed by atoms with E-state index in [1.54, 1.807) is 6.07 Å². The highest BCUT2D eigenvalue weighted by atomic mass is 16.5. The summed E-state index contributed by atoms with van der Waals surface area (Å²) in [7, 11) is 0. The molecule has 0 N–H and O–H groups in total. The van der Waals surface area contributed by atoms with E-state index >= 15 is 0 Å². The van der Waals surface area contributed by atoms with Crippen LogP contribution < -0.4 is 0 Å². The van der Waals surface area contributed by atoms with Crippen molar-refractivity contribution in [3.05, 3.63) is 36.1 Å². The van der Waals surface area contributed by atoms with E-state index in [-0.39, 0.29) is 18.5 Å². The first-order chi connectivity index (χ1) is 8.33. The number of benzene rings is 1. The number of ether oxygens (including phenoxy) is 1. The highest BCUT2D eigenvalue weighted by molar-refractivity contribution is 5.98. The molecule has 3 nitrogen and oxygen atoms in total. The molecule has 0 bridgehead atoms. The van der Waals surface area contributed by atoms with Crippen LogP contribution in [0, 0.1) is 0 Å². The summed E-state index contributed by atoms with van der Waals surface area (Å²) < 4.78 is 11.0. The van der Waals surface area contributed by atoms with Crippen LogP contribution in [0.1, 0.15) is 29.8 Å². The fourth-order valence-electron chi connectivity index (χ4n) is 1.92. The highest BCUT2D eigenvalue weighted by Gasteiger charge is 2.20. The number of hydrogen-bond acceptors (Lipinski definition) is 3. The Morgan fingerprint density at radius 1 is 1.35 bits per heavy atom. The predicted molar refractivity (Wildman–Crippen MR) is 64.1 cm³/mol. The maximum absolute atomic E-state index is 11.8. The van der Waals surface area contributed by atoms with Crippen molar-refractivity contribution in [2.24, 2.45) is 0 Å². The quantitative estimate of drug-likeness (QED) is 0.757. The van der Waals surface area contributed by atoms with Crippen LogP contribution in [0.15, 0.2) is 34.7 Å². The van der Waals surface area contributed by atoms with Gasteiger partial charge in [-0.15, -0.1) is 0 Å². The van der Waals surface area contributed by atoms with E-state index in [1.807, 2.05) is 24.3 Å². The van der Waals surface area contributed by atoms with Crippen molar-refractivity contribution < 1.29 is 13.9 Å². The summed E-state index contributed by atoms with van der Waals surface area (Å²) in [4.78, 5) is 11.8. The van der Waals surface area contributed by atoms with Crippen LogP contribution >= 0.6 is 0 Å². The Balaban J connectivity index is 1.71. The Hall–Kier alpha value is -1.61. The minimum Gasteiger partial charge on any atom is -0.453 e. The van der Waals surface area contributed by atoms with Gasteiger partial charge in [0.2, 0.25) is 5.78 Å². The van der Waals surface area contributed by atoms with Crippen molar-refractivity contribution in [2.75, 3.05) is 6.61 Å². The van der Waals surface area contributed by atoms with Crippen LogP contribution in [0.4, 0.5) is 0 Å². The topological polar surface area (TPSA) is 39.4 Å². The van der Waals surface area contributed by atoms with Crippen molar-refractivity contribution in [3.8, 4) is 0 Å². The number of hydrogen-bond donors (Lipinski definition) is 0. The average Bonchev–Trinajstić information content (AvgIpc) is 2.70. The maximum atomic E-state index is 11.8. The number of fused-ring (bicyclic) bond motifs is 1. The van der Waals surface area contributed by atoms with Gasteiger partial charge in [0.05, 0.1) is 6.10 Å². The van der Waals surface area contributed by atoms with Crippen LogP contribution in [0.3, 0.4) is 0 Å². The Labute approximate surface area is 99.4 Å². The molecule has 0 unspecified atom stereocenters. The summed E-state index contributed by atoms with van der Waals surface area (Å²) in [6.45, 7) is 0.129. The highest BCUT2D eigenvalue weighted by Crippen LogP contribution is 2.23. The number of Topliss-reactive ketones (excluding diaryl/α,β-unsaturated/α-hetero) is 1. The van der Waals surface area contributed by atoms with E-state index in [0.717, 1.165) is 23.8 Å². The van der Waals surface area contributed by atoms with Crippen LogP contribution in [-0.2, 0) is 4.74 Å². The third kappa shape index (κ3) is 2.11. The monoisotopic (exact) mass is 230 g/mol. The zero-order chi connectivity index (χ0) is 11.7. The van der Waals surface area contributed by atoms with Gasteiger partial charge < -0.3 is 9.15 Å². The second kappa shape index (κ2) is 4.34. The molecule has 0 atom stereocenters. The lowest BCUT2D eigenvalue weighted by Gasteiger charge is -2.24. The number of rotatable bonds is 4. The molecular weight excluding hydrogens is 216 g/mol. The molecule has 1 aliphatic rings. The minimum absolute atomic E-state index is 0.0758. The van der Waals surface area contributed by atoms with Gasteiger partial charge in [-0.05, 0) is 31.4 Å². The van der Waals surface area contributed by atoms with Gasteiger partial charge in [0.25, 0.3) is 0 Å². The largest absolute Gasteiger partial charge is 0.453 e. The lowest BCUT2D eigenvalue weighted by Crippen LogP contribution is -2.24. The SMILES string of the molecule is O=C(COC1CCC1)c1cc2ccccc2o1. The Morgan fingerprint density at radius 2 is 2.18 bits per heavy atom. The molecule has 88 valence electrons. The smallest absolute Gasteiger partial charge is 0.223 e. The molecule has 1 aromatic carbocycles. The number of carbonyl (C=O) groups excluding carboxylic acids is 1. The van der Waals surface area contributed by atoms with Gasteiger partial charge >= 0.3 is 0 Å². The standard InChI is InChI=1S/C14H14O3/c15-12(9-16-11-5-3-6-11)14-8-10-4-1-2-7-13(10)17-14/h1-2,4,7-8,11H,3,5-6,9H2. The van der Waals surface area contributed by atoms with Gasteiger partial charge in [-0.25, -0.2) is 0 Å². The molecule has 0 saturated heterocycles. The summed E-state index contributed by atoms with van der Waals surface area (Å²) in [5.74, 6) is 0.318. The fourth-order valence-corrected chi connectivity index (χ4v) is 1.92. The third-order valence-corrected chi connectivity index (χ3v) is 3.20.